The summed E-state index contributed by atoms with van der Waals surface area (Å²) >= 11 is 0. The summed E-state index contributed by atoms with van der Waals surface area (Å²) in [5.74, 6) is -1.25. The molecule has 0 radical (unpaired) electrons. The fraction of sp³-hybridized carbons (Fsp3) is 0.875. The highest BCUT2D eigenvalue weighted by Crippen LogP contribution is 2.32. The largest absolute Gasteiger partial charge is 0.481 e. The summed E-state index contributed by atoms with van der Waals surface area (Å²) in [6, 6.07) is 0. The number of hydrogen-bond donors (Lipinski definition) is 3. The van der Waals surface area contributed by atoms with Gasteiger partial charge in [0, 0.05) is 13.2 Å². The smallest absolute Gasteiger partial charge is 0.307 e. The van der Waals surface area contributed by atoms with Crippen LogP contribution in [0.15, 0.2) is 0 Å². The molecule has 21 heavy (non-hydrogen) atoms. The third-order valence-corrected chi connectivity index (χ3v) is 5.26. The fourth-order valence-corrected chi connectivity index (χ4v) is 3.90. The molecular weight excluding hydrogens is 270 g/mol. The van der Waals surface area contributed by atoms with Gasteiger partial charge in [-0.05, 0) is 37.5 Å². The lowest BCUT2D eigenvalue weighted by molar-refractivity contribution is -0.149. The molecule has 2 saturated carbocycles. The minimum atomic E-state index is -0.847. The number of nitrogens with one attached hydrogen (secondary N) is 1. The maximum absolute atomic E-state index is 12.3. The van der Waals surface area contributed by atoms with Gasteiger partial charge in [0.2, 0.25) is 5.91 Å². The molecule has 1 amide bonds. The molecule has 2 fully saturated rings. The fourth-order valence-electron chi connectivity index (χ4n) is 3.90. The van der Waals surface area contributed by atoms with E-state index in [9.17, 15) is 19.8 Å². The van der Waals surface area contributed by atoms with Crippen molar-refractivity contribution in [2.75, 3.05) is 13.2 Å². The van der Waals surface area contributed by atoms with Crippen LogP contribution in [0.3, 0.4) is 0 Å². The number of carbonyl (C=O) groups is 2. The zero-order valence-electron chi connectivity index (χ0n) is 12.6. The van der Waals surface area contributed by atoms with Gasteiger partial charge in [-0.15, -0.1) is 0 Å². The molecule has 0 aromatic rings. The summed E-state index contributed by atoms with van der Waals surface area (Å²) in [7, 11) is 0. The highest BCUT2D eigenvalue weighted by Gasteiger charge is 2.36. The molecule has 5 nitrogen and oxygen atoms in total. The van der Waals surface area contributed by atoms with Crippen molar-refractivity contribution in [1.82, 2.24) is 5.32 Å². The van der Waals surface area contributed by atoms with Gasteiger partial charge in [0.15, 0.2) is 0 Å². The maximum atomic E-state index is 12.3. The van der Waals surface area contributed by atoms with Crippen LogP contribution in [0.1, 0.15) is 51.4 Å². The lowest BCUT2D eigenvalue weighted by Gasteiger charge is -2.32. The Hall–Kier alpha value is -1.10. The molecule has 0 saturated heterocycles. The Morgan fingerprint density at radius 2 is 1.48 bits per heavy atom. The summed E-state index contributed by atoms with van der Waals surface area (Å²) in [6.45, 7) is 0.759. The molecule has 120 valence electrons. The standard InChI is InChI=1S/C16H27NO4/c18-10-12-6-2-1-5-11(12)9-17-15(19)13-7-3-4-8-14(13)16(20)21/h11-14,18H,1-10H2,(H,17,19)(H,20,21)/t11?,12?,13-,14+/m1/s1. The molecule has 0 spiro atoms. The molecule has 4 atom stereocenters. The molecule has 0 aromatic heterocycles. The van der Waals surface area contributed by atoms with Crippen LogP contribution in [0.5, 0.6) is 0 Å². The Kier molecular flexibility index (Phi) is 6.03. The molecule has 0 heterocycles. The number of aliphatic carboxylic acids is 1. The Balaban J connectivity index is 1.86. The quantitative estimate of drug-likeness (QED) is 0.722. The minimum Gasteiger partial charge on any atom is -0.481 e. The zero-order valence-corrected chi connectivity index (χ0v) is 12.6. The van der Waals surface area contributed by atoms with Gasteiger partial charge in [-0.2, -0.15) is 0 Å². The summed E-state index contributed by atoms with van der Waals surface area (Å²) in [6.07, 6.45) is 7.49. The number of rotatable bonds is 5. The van der Waals surface area contributed by atoms with Gasteiger partial charge in [-0.3, -0.25) is 9.59 Å². The molecule has 2 rings (SSSR count). The van der Waals surface area contributed by atoms with Crippen molar-refractivity contribution in [3.8, 4) is 0 Å². The second-order valence-corrected chi connectivity index (χ2v) is 6.57. The van der Waals surface area contributed by atoms with Gasteiger partial charge in [0.25, 0.3) is 0 Å². The van der Waals surface area contributed by atoms with Crippen molar-refractivity contribution in [3.63, 3.8) is 0 Å². The molecule has 2 unspecified atom stereocenters. The van der Waals surface area contributed by atoms with Crippen molar-refractivity contribution in [3.05, 3.63) is 0 Å². The predicted molar refractivity (Wildman–Crippen MR) is 78.6 cm³/mol. The van der Waals surface area contributed by atoms with Gasteiger partial charge in [0.05, 0.1) is 11.8 Å². The molecule has 0 aliphatic heterocycles. The summed E-state index contributed by atoms with van der Waals surface area (Å²) in [5.41, 5.74) is 0. The van der Waals surface area contributed by atoms with E-state index in [1.54, 1.807) is 0 Å². The van der Waals surface area contributed by atoms with Crippen LogP contribution < -0.4 is 5.32 Å². The molecule has 5 heteroatoms. The average molecular weight is 297 g/mol. The number of hydrogen-bond acceptors (Lipinski definition) is 3. The highest BCUT2D eigenvalue weighted by molar-refractivity contribution is 5.84. The van der Waals surface area contributed by atoms with Crippen LogP contribution >= 0.6 is 0 Å². The number of carbonyl (C=O) groups excluding carboxylic acids is 1. The van der Waals surface area contributed by atoms with E-state index < -0.39 is 11.9 Å². The van der Waals surface area contributed by atoms with E-state index in [1.807, 2.05) is 0 Å². The first-order chi connectivity index (χ1) is 10.1. The van der Waals surface area contributed by atoms with Crippen molar-refractivity contribution in [2.24, 2.45) is 23.7 Å². The lowest BCUT2D eigenvalue weighted by atomic mass is 9.77. The van der Waals surface area contributed by atoms with Crippen molar-refractivity contribution in [2.45, 2.75) is 51.4 Å². The van der Waals surface area contributed by atoms with E-state index in [4.69, 9.17) is 0 Å². The van der Waals surface area contributed by atoms with E-state index in [2.05, 4.69) is 5.32 Å². The van der Waals surface area contributed by atoms with Crippen LogP contribution in [0.4, 0.5) is 0 Å². The molecular formula is C16H27NO4. The van der Waals surface area contributed by atoms with Crippen molar-refractivity contribution >= 4 is 11.9 Å². The maximum Gasteiger partial charge on any atom is 0.307 e. The topological polar surface area (TPSA) is 86.6 Å². The van der Waals surface area contributed by atoms with Gasteiger partial charge in [-0.1, -0.05) is 25.7 Å². The van der Waals surface area contributed by atoms with Gasteiger partial charge in [-0.25, -0.2) is 0 Å². The van der Waals surface area contributed by atoms with Crippen LogP contribution in [0.25, 0.3) is 0 Å². The molecule has 0 aromatic carbocycles. The number of carboxylic acids is 1. The van der Waals surface area contributed by atoms with Gasteiger partial charge in [0.1, 0.15) is 0 Å². The molecule has 3 N–H and O–H groups in total. The number of amides is 1. The van der Waals surface area contributed by atoms with E-state index in [0.717, 1.165) is 38.5 Å². The second kappa shape index (κ2) is 7.78. The van der Waals surface area contributed by atoms with Gasteiger partial charge >= 0.3 is 5.97 Å². The average Bonchev–Trinajstić information content (AvgIpc) is 2.52. The van der Waals surface area contributed by atoms with E-state index >= 15 is 0 Å². The lowest BCUT2D eigenvalue weighted by Crippen LogP contribution is -2.43. The molecule has 0 bridgehead atoms. The zero-order chi connectivity index (χ0) is 15.2. The molecule has 2 aliphatic carbocycles. The Bertz CT molecular complexity index is 371. The minimum absolute atomic E-state index is 0.107. The number of aliphatic hydroxyl groups is 1. The van der Waals surface area contributed by atoms with Crippen molar-refractivity contribution < 1.29 is 19.8 Å². The first-order valence-corrected chi connectivity index (χ1v) is 8.25. The van der Waals surface area contributed by atoms with E-state index in [0.29, 0.717) is 25.3 Å². The summed E-state index contributed by atoms with van der Waals surface area (Å²) in [5, 5.41) is 21.6. The summed E-state index contributed by atoms with van der Waals surface area (Å²) < 4.78 is 0. The Morgan fingerprint density at radius 1 is 0.905 bits per heavy atom. The third kappa shape index (κ3) is 4.19. The highest BCUT2D eigenvalue weighted by atomic mass is 16.4. The van der Waals surface area contributed by atoms with Gasteiger partial charge < -0.3 is 15.5 Å². The SMILES string of the molecule is O=C(O)[C@H]1CCCC[C@H]1C(=O)NCC1CCCCC1CO. The Morgan fingerprint density at radius 3 is 2.10 bits per heavy atom. The summed E-state index contributed by atoms with van der Waals surface area (Å²) in [4.78, 5) is 23.6. The van der Waals surface area contributed by atoms with Crippen LogP contribution in [-0.2, 0) is 9.59 Å². The first-order valence-electron chi connectivity index (χ1n) is 8.25. The van der Waals surface area contributed by atoms with Crippen LogP contribution in [0.2, 0.25) is 0 Å². The monoisotopic (exact) mass is 297 g/mol. The van der Waals surface area contributed by atoms with Crippen LogP contribution in [-0.4, -0.2) is 35.2 Å². The third-order valence-electron chi connectivity index (χ3n) is 5.26. The molecule has 2 aliphatic rings. The van der Waals surface area contributed by atoms with Crippen LogP contribution in [0, 0.1) is 23.7 Å². The second-order valence-electron chi connectivity index (χ2n) is 6.57. The number of carboxylic acid groups (broad SMARTS) is 1. The Labute approximate surface area is 126 Å². The van der Waals surface area contributed by atoms with Crippen molar-refractivity contribution in [1.29, 1.82) is 0 Å². The van der Waals surface area contributed by atoms with E-state index in [1.165, 1.54) is 0 Å². The first kappa shape index (κ1) is 16.3. The predicted octanol–water partition coefficient (Wildman–Crippen LogP) is 1.79. The number of aliphatic hydroxyl groups excluding tert-OH is 1. The normalized spacial score (nSPS) is 33.4. The van der Waals surface area contributed by atoms with E-state index in [-0.39, 0.29) is 24.3 Å².